The molecule has 0 spiro atoms. The lowest BCUT2D eigenvalue weighted by Gasteiger charge is -2.16. The third-order valence-electron chi connectivity index (χ3n) is 2.16. The second-order valence-corrected chi connectivity index (χ2v) is 3.27. The number of carboxylic acid groups (broad SMARTS) is 1. The minimum absolute atomic E-state index is 0.219. The molecule has 1 rings (SSSR count). The zero-order valence-corrected chi connectivity index (χ0v) is 7.52. The van der Waals surface area contributed by atoms with Gasteiger partial charge < -0.3 is 15.1 Å². The lowest BCUT2D eigenvalue weighted by Crippen LogP contribution is -2.19. The molecule has 4 heteroatoms. The summed E-state index contributed by atoms with van der Waals surface area (Å²) in [6.45, 7) is 1.58. The van der Waals surface area contributed by atoms with Crippen LogP contribution in [0.5, 0.6) is 0 Å². The molecule has 0 bridgehead atoms. The molecule has 1 heterocycles. The molecule has 1 atom stereocenters. The topological polar surface area (TPSA) is 60.8 Å². The molecule has 1 saturated heterocycles. The number of aliphatic hydroxyl groups is 1. The van der Waals surface area contributed by atoms with Crippen LogP contribution in [0, 0.1) is 0 Å². The van der Waals surface area contributed by atoms with E-state index in [4.69, 9.17) is 5.11 Å². The minimum atomic E-state index is -0.926. The Morgan fingerprint density at radius 1 is 1.38 bits per heavy atom. The molecule has 1 aliphatic heterocycles. The first-order valence-electron chi connectivity index (χ1n) is 4.52. The molecule has 0 amide bonds. The van der Waals surface area contributed by atoms with Crippen LogP contribution >= 0.6 is 0 Å². The molecule has 1 aliphatic rings. The molecule has 4 nitrogen and oxygen atoms in total. The first-order chi connectivity index (χ1) is 6.18. The molecule has 0 aliphatic carbocycles. The van der Waals surface area contributed by atoms with Crippen molar-refractivity contribution in [3.05, 3.63) is 12.3 Å². The zero-order chi connectivity index (χ0) is 9.68. The van der Waals surface area contributed by atoms with Crippen LogP contribution in [0.15, 0.2) is 12.3 Å². The van der Waals surface area contributed by atoms with E-state index in [-0.39, 0.29) is 6.10 Å². The smallest absolute Gasteiger partial charge is 0.329 e. The lowest BCUT2D eigenvalue weighted by atomic mass is 10.2. The van der Waals surface area contributed by atoms with Crippen LogP contribution in [0.1, 0.15) is 19.3 Å². The monoisotopic (exact) mass is 185 g/mol. The largest absolute Gasteiger partial charge is 0.478 e. The highest BCUT2D eigenvalue weighted by molar-refractivity contribution is 5.79. The van der Waals surface area contributed by atoms with E-state index in [1.807, 2.05) is 4.90 Å². The highest BCUT2D eigenvalue weighted by Crippen LogP contribution is 2.10. The van der Waals surface area contributed by atoms with Crippen LogP contribution in [0.4, 0.5) is 0 Å². The lowest BCUT2D eigenvalue weighted by molar-refractivity contribution is -0.131. The summed E-state index contributed by atoms with van der Waals surface area (Å²) in [5.74, 6) is -0.926. The fourth-order valence-electron chi connectivity index (χ4n) is 1.42. The molecule has 0 aromatic rings. The van der Waals surface area contributed by atoms with Crippen molar-refractivity contribution < 1.29 is 15.0 Å². The normalized spacial score (nSPS) is 24.7. The molecule has 13 heavy (non-hydrogen) atoms. The predicted molar refractivity (Wildman–Crippen MR) is 48.2 cm³/mol. The number of rotatable bonds is 2. The third-order valence-corrected chi connectivity index (χ3v) is 2.16. The number of hydrogen-bond donors (Lipinski definition) is 2. The SMILES string of the molecule is O=C(O)/C=C/N1CCCC(O)CC1. The molecule has 0 saturated carbocycles. The van der Waals surface area contributed by atoms with E-state index in [9.17, 15) is 9.90 Å². The maximum Gasteiger partial charge on any atom is 0.329 e. The van der Waals surface area contributed by atoms with Crippen LogP contribution in [-0.2, 0) is 4.79 Å². The standard InChI is InChI=1S/C9H15NO3/c11-8-2-1-5-10(6-3-8)7-4-9(12)13/h4,7-8,11H,1-3,5-6H2,(H,12,13)/b7-4+. The number of aliphatic hydroxyl groups excluding tert-OH is 1. The Morgan fingerprint density at radius 2 is 2.15 bits per heavy atom. The number of aliphatic carboxylic acids is 1. The Hall–Kier alpha value is -1.03. The second kappa shape index (κ2) is 4.87. The molecule has 1 unspecified atom stereocenters. The van der Waals surface area contributed by atoms with Gasteiger partial charge in [-0.25, -0.2) is 4.79 Å². The summed E-state index contributed by atoms with van der Waals surface area (Å²) < 4.78 is 0. The minimum Gasteiger partial charge on any atom is -0.478 e. The Bertz CT molecular complexity index is 203. The van der Waals surface area contributed by atoms with E-state index in [1.165, 1.54) is 0 Å². The Balaban J connectivity index is 2.38. The number of nitrogens with zero attached hydrogens (tertiary/aromatic N) is 1. The molecule has 0 aromatic heterocycles. The van der Waals surface area contributed by atoms with Gasteiger partial charge in [0.15, 0.2) is 0 Å². The maximum atomic E-state index is 10.2. The zero-order valence-electron chi connectivity index (χ0n) is 7.52. The van der Waals surface area contributed by atoms with E-state index < -0.39 is 5.97 Å². The van der Waals surface area contributed by atoms with Crippen molar-refractivity contribution in [2.45, 2.75) is 25.4 Å². The van der Waals surface area contributed by atoms with Crippen molar-refractivity contribution in [3.63, 3.8) is 0 Å². The number of carbonyl (C=O) groups is 1. The molecule has 74 valence electrons. The summed E-state index contributed by atoms with van der Waals surface area (Å²) in [5.41, 5.74) is 0. The van der Waals surface area contributed by atoms with Gasteiger partial charge >= 0.3 is 5.97 Å². The van der Waals surface area contributed by atoms with E-state index in [0.29, 0.717) is 0 Å². The van der Waals surface area contributed by atoms with Crippen molar-refractivity contribution >= 4 is 5.97 Å². The third kappa shape index (κ3) is 3.94. The molecule has 0 aromatic carbocycles. The van der Waals surface area contributed by atoms with Gasteiger partial charge in [0.2, 0.25) is 0 Å². The van der Waals surface area contributed by atoms with Gasteiger partial charge in [-0.05, 0) is 19.3 Å². The van der Waals surface area contributed by atoms with Gasteiger partial charge in [0.1, 0.15) is 0 Å². The highest BCUT2D eigenvalue weighted by Gasteiger charge is 2.11. The molecule has 0 radical (unpaired) electrons. The van der Waals surface area contributed by atoms with Crippen molar-refractivity contribution in [1.82, 2.24) is 4.90 Å². The summed E-state index contributed by atoms with van der Waals surface area (Å²) in [5, 5.41) is 17.7. The number of carboxylic acids is 1. The Kier molecular flexibility index (Phi) is 3.76. The molecular weight excluding hydrogens is 170 g/mol. The predicted octanol–water partition coefficient (Wildman–Crippen LogP) is 0.432. The van der Waals surface area contributed by atoms with Crippen molar-refractivity contribution in [2.75, 3.05) is 13.1 Å². The average molecular weight is 185 g/mol. The van der Waals surface area contributed by atoms with Gasteiger partial charge in [-0.15, -0.1) is 0 Å². The van der Waals surface area contributed by atoms with Crippen LogP contribution in [0.3, 0.4) is 0 Å². The first-order valence-corrected chi connectivity index (χ1v) is 4.52. The summed E-state index contributed by atoms with van der Waals surface area (Å²) in [6.07, 6.45) is 4.97. The van der Waals surface area contributed by atoms with Crippen LogP contribution in [0.25, 0.3) is 0 Å². The van der Waals surface area contributed by atoms with Gasteiger partial charge in [-0.3, -0.25) is 0 Å². The number of likely N-dealkylation sites (tertiary alicyclic amines) is 1. The van der Waals surface area contributed by atoms with Crippen molar-refractivity contribution in [1.29, 1.82) is 0 Å². The van der Waals surface area contributed by atoms with Crippen molar-refractivity contribution in [2.24, 2.45) is 0 Å². The van der Waals surface area contributed by atoms with Gasteiger partial charge in [0.05, 0.1) is 6.10 Å². The molecule has 2 N–H and O–H groups in total. The van der Waals surface area contributed by atoms with E-state index in [1.54, 1.807) is 6.20 Å². The molecular formula is C9H15NO3. The highest BCUT2D eigenvalue weighted by atomic mass is 16.4. The Morgan fingerprint density at radius 3 is 2.85 bits per heavy atom. The van der Waals surface area contributed by atoms with Crippen LogP contribution in [-0.4, -0.2) is 40.3 Å². The maximum absolute atomic E-state index is 10.2. The van der Waals surface area contributed by atoms with Crippen LogP contribution in [0.2, 0.25) is 0 Å². The summed E-state index contributed by atoms with van der Waals surface area (Å²) in [7, 11) is 0. The fourth-order valence-corrected chi connectivity index (χ4v) is 1.42. The summed E-state index contributed by atoms with van der Waals surface area (Å²) >= 11 is 0. The number of hydrogen-bond acceptors (Lipinski definition) is 3. The van der Waals surface area contributed by atoms with Gasteiger partial charge in [0, 0.05) is 25.4 Å². The Labute approximate surface area is 77.5 Å². The van der Waals surface area contributed by atoms with Gasteiger partial charge in [-0.1, -0.05) is 0 Å². The quantitative estimate of drug-likeness (QED) is 0.612. The van der Waals surface area contributed by atoms with Gasteiger partial charge in [-0.2, -0.15) is 0 Å². The fraction of sp³-hybridized carbons (Fsp3) is 0.667. The second-order valence-electron chi connectivity index (χ2n) is 3.27. The van der Waals surface area contributed by atoms with E-state index in [0.717, 1.165) is 38.4 Å². The van der Waals surface area contributed by atoms with E-state index in [2.05, 4.69) is 0 Å². The summed E-state index contributed by atoms with van der Waals surface area (Å²) in [4.78, 5) is 12.2. The average Bonchev–Trinajstić information content (AvgIpc) is 2.27. The van der Waals surface area contributed by atoms with Crippen molar-refractivity contribution in [3.8, 4) is 0 Å². The van der Waals surface area contributed by atoms with E-state index >= 15 is 0 Å². The van der Waals surface area contributed by atoms with Crippen LogP contribution < -0.4 is 0 Å². The summed E-state index contributed by atoms with van der Waals surface area (Å²) in [6, 6.07) is 0. The van der Waals surface area contributed by atoms with Gasteiger partial charge in [0.25, 0.3) is 0 Å². The molecule has 1 fully saturated rings. The first kappa shape index (κ1) is 10.1.